The molecular weight excluding hydrogens is 570 g/mol. The first kappa shape index (κ1) is 34.3. The second-order valence-corrected chi connectivity index (χ2v) is 16.9. The molecule has 0 saturated carbocycles. The Bertz CT molecular complexity index is 1240. The minimum atomic E-state index is -0.688. The van der Waals surface area contributed by atoms with Gasteiger partial charge in [0.2, 0.25) is 17.7 Å². The van der Waals surface area contributed by atoms with E-state index in [1.807, 2.05) is 40.1 Å². The Balaban J connectivity index is 1.77. The molecule has 1 N–H and O–H groups in total. The van der Waals surface area contributed by atoms with Crippen LogP contribution in [0.3, 0.4) is 0 Å². The van der Waals surface area contributed by atoms with Crippen LogP contribution in [0.25, 0.3) is 0 Å². The summed E-state index contributed by atoms with van der Waals surface area (Å²) in [5, 5.41) is 9.55. The second kappa shape index (κ2) is 13.0. The maximum Gasteiger partial charge on any atom is 0.247 e. The molecule has 5 atom stereocenters. The summed E-state index contributed by atoms with van der Waals surface area (Å²) >= 11 is 1.71. The molecule has 3 aliphatic heterocycles. The Morgan fingerprint density at radius 3 is 2.30 bits per heavy atom. The Morgan fingerprint density at radius 2 is 1.70 bits per heavy atom. The molecule has 1 aromatic rings. The SMILES string of the molecule is C=CCN(Cc1ccccc1)C(=O)[C@H]1[C@H]2C(=O)N(CCCCO)C(C(=O)N(CC=C)C(C)(C)CC(C)(C)C)C23CC[C@]1(C)S3. The summed E-state index contributed by atoms with van der Waals surface area (Å²) in [7, 11) is 0. The van der Waals surface area contributed by atoms with Crippen molar-refractivity contribution in [3.8, 4) is 0 Å². The van der Waals surface area contributed by atoms with Crippen LogP contribution in [0.4, 0.5) is 0 Å². The van der Waals surface area contributed by atoms with Crippen LogP contribution in [0, 0.1) is 17.3 Å². The molecule has 1 aromatic carbocycles. The molecule has 0 aliphatic carbocycles. The van der Waals surface area contributed by atoms with Gasteiger partial charge in [0, 0.05) is 43.1 Å². The van der Waals surface area contributed by atoms with Crippen LogP contribution in [0.1, 0.15) is 79.2 Å². The highest BCUT2D eigenvalue weighted by Crippen LogP contribution is 2.71. The highest BCUT2D eigenvalue weighted by molar-refractivity contribution is 8.02. The van der Waals surface area contributed by atoms with E-state index in [9.17, 15) is 19.5 Å². The van der Waals surface area contributed by atoms with E-state index in [1.54, 1.807) is 28.8 Å². The van der Waals surface area contributed by atoms with Crippen LogP contribution in [-0.2, 0) is 20.9 Å². The Morgan fingerprint density at radius 1 is 1.05 bits per heavy atom. The molecule has 3 heterocycles. The van der Waals surface area contributed by atoms with E-state index in [-0.39, 0.29) is 29.7 Å². The molecule has 0 aromatic heterocycles. The van der Waals surface area contributed by atoms with Crippen LogP contribution in [0.15, 0.2) is 55.6 Å². The first-order valence-corrected chi connectivity index (χ1v) is 16.9. The van der Waals surface area contributed by atoms with Crippen molar-refractivity contribution in [3.63, 3.8) is 0 Å². The highest BCUT2D eigenvalue weighted by Gasteiger charge is 2.77. The zero-order valence-corrected chi connectivity index (χ0v) is 28.5. The molecule has 44 heavy (non-hydrogen) atoms. The quantitative estimate of drug-likeness (QED) is 0.213. The highest BCUT2D eigenvalue weighted by atomic mass is 32.2. The van der Waals surface area contributed by atoms with E-state index in [4.69, 9.17) is 0 Å². The summed E-state index contributed by atoms with van der Waals surface area (Å²) in [6.07, 6.45) is 6.92. The number of hydrogen-bond acceptors (Lipinski definition) is 5. The molecule has 4 rings (SSSR count). The van der Waals surface area contributed by atoms with Crippen LogP contribution >= 0.6 is 11.8 Å². The topological polar surface area (TPSA) is 81.2 Å². The fraction of sp³-hybridized carbons (Fsp3) is 0.639. The minimum Gasteiger partial charge on any atom is -0.396 e. The zero-order chi connectivity index (χ0) is 32.5. The Labute approximate surface area is 269 Å². The fourth-order valence-corrected chi connectivity index (χ4v) is 10.8. The lowest BCUT2D eigenvalue weighted by Crippen LogP contribution is -2.60. The smallest absolute Gasteiger partial charge is 0.247 e. The average molecular weight is 624 g/mol. The zero-order valence-electron chi connectivity index (χ0n) is 27.7. The molecule has 2 unspecified atom stereocenters. The minimum absolute atomic E-state index is 0.0186. The van der Waals surface area contributed by atoms with Crippen molar-refractivity contribution in [2.45, 2.75) is 101 Å². The van der Waals surface area contributed by atoms with E-state index in [0.717, 1.165) is 18.4 Å². The van der Waals surface area contributed by atoms with Gasteiger partial charge in [-0.2, -0.15) is 0 Å². The molecule has 242 valence electrons. The fourth-order valence-electron chi connectivity index (χ4n) is 8.41. The predicted molar refractivity (Wildman–Crippen MR) is 179 cm³/mol. The summed E-state index contributed by atoms with van der Waals surface area (Å²) in [6, 6.07) is 9.23. The third-order valence-electron chi connectivity index (χ3n) is 9.73. The number of hydrogen-bond donors (Lipinski definition) is 1. The predicted octanol–water partition coefficient (Wildman–Crippen LogP) is 5.68. The second-order valence-electron chi connectivity index (χ2n) is 15.0. The summed E-state index contributed by atoms with van der Waals surface area (Å²) in [5.74, 6) is -1.31. The molecule has 3 saturated heterocycles. The van der Waals surface area contributed by atoms with Gasteiger partial charge in [0.05, 0.1) is 16.6 Å². The number of carbonyl (C=O) groups is 3. The maximum absolute atomic E-state index is 15.0. The third kappa shape index (κ3) is 6.39. The van der Waals surface area contributed by atoms with Crippen molar-refractivity contribution in [2.75, 3.05) is 26.2 Å². The van der Waals surface area contributed by atoms with Crippen molar-refractivity contribution >= 4 is 29.5 Å². The van der Waals surface area contributed by atoms with E-state index < -0.39 is 32.9 Å². The van der Waals surface area contributed by atoms with E-state index in [0.29, 0.717) is 45.4 Å². The first-order valence-electron chi connectivity index (χ1n) is 16.1. The Kier molecular flexibility index (Phi) is 10.2. The van der Waals surface area contributed by atoms with Crippen molar-refractivity contribution in [1.29, 1.82) is 0 Å². The number of benzene rings is 1. The summed E-state index contributed by atoms with van der Waals surface area (Å²) in [6.45, 7) is 22.4. The van der Waals surface area contributed by atoms with Crippen molar-refractivity contribution in [1.82, 2.24) is 14.7 Å². The van der Waals surface area contributed by atoms with Crippen LogP contribution in [0.2, 0.25) is 0 Å². The monoisotopic (exact) mass is 623 g/mol. The van der Waals surface area contributed by atoms with Gasteiger partial charge in [-0.25, -0.2) is 0 Å². The van der Waals surface area contributed by atoms with Crippen LogP contribution in [-0.4, -0.2) is 84.8 Å². The lowest BCUT2D eigenvalue weighted by molar-refractivity contribution is -0.147. The number of carbonyl (C=O) groups excluding carboxylic acids is 3. The number of unbranched alkanes of at least 4 members (excludes halogenated alkanes) is 1. The number of thioether (sulfide) groups is 1. The number of fused-ring (bicyclic) bond motifs is 1. The van der Waals surface area contributed by atoms with Crippen molar-refractivity contribution in [2.24, 2.45) is 17.3 Å². The van der Waals surface area contributed by atoms with Crippen LogP contribution < -0.4 is 0 Å². The summed E-state index contributed by atoms with van der Waals surface area (Å²) < 4.78 is -1.14. The lowest BCUT2D eigenvalue weighted by Gasteiger charge is -2.46. The molecule has 8 heteroatoms. The van der Waals surface area contributed by atoms with Crippen LogP contribution in [0.5, 0.6) is 0 Å². The van der Waals surface area contributed by atoms with Crippen molar-refractivity contribution < 1.29 is 19.5 Å². The molecule has 3 aliphatic rings. The lowest BCUT2D eigenvalue weighted by atomic mass is 9.66. The molecular formula is C36H53N3O4S. The molecule has 1 spiro atoms. The number of aliphatic hydroxyl groups is 1. The van der Waals surface area contributed by atoms with Gasteiger partial charge in [-0.15, -0.1) is 24.9 Å². The summed E-state index contributed by atoms with van der Waals surface area (Å²) in [5.41, 5.74) is 0.528. The van der Waals surface area contributed by atoms with E-state index >= 15 is 0 Å². The molecule has 2 bridgehead atoms. The first-order chi connectivity index (χ1) is 20.7. The van der Waals surface area contributed by atoms with Gasteiger partial charge < -0.3 is 19.8 Å². The largest absolute Gasteiger partial charge is 0.396 e. The van der Waals surface area contributed by atoms with E-state index in [2.05, 4.69) is 54.7 Å². The van der Waals surface area contributed by atoms with E-state index in [1.165, 1.54) is 0 Å². The van der Waals surface area contributed by atoms with Gasteiger partial charge >= 0.3 is 0 Å². The number of aliphatic hydroxyl groups excluding tert-OH is 1. The third-order valence-corrected chi connectivity index (χ3v) is 11.7. The average Bonchev–Trinajstić information content (AvgIpc) is 3.51. The van der Waals surface area contributed by atoms with Gasteiger partial charge in [0.15, 0.2) is 0 Å². The van der Waals surface area contributed by atoms with Gasteiger partial charge in [-0.1, -0.05) is 63.3 Å². The Hall–Kier alpha value is -2.58. The number of likely N-dealkylation sites (tertiary alicyclic amines) is 1. The molecule has 7 nitrogen and oxygen atoms in total. The van der Waals surface area contributed by atoms with Gasteiger partial charge in [-0.3, -0.25) is 14.4 Å². The molecule has 0 radical (unpaired) electrons. The maximum atomic E-state index is 15.0. The standard InChI is InChI=1S/C36H53N3O4S/c1-9-20-37(24-26-16-12-11-13-17-26)30(41)27-28-31(42)38(22-14-15-23-40)29(36(28)19-18-35(27,8)44-36)32(43)39(21-10-2)34(6,7)25-33(3,4)5/h9-13,16-17,27-29,40H,1-2,14-15,18-25H2,3-8H3/t27-,28+,29?,35+,36?/m1/s1. The summed E-state index contributed by atoms with van der Waals surface area (Å²) in [4.78, 5) is 49.6. The molecule has 3 amide bonds. The normalized spacial score (nSPS) is 27.8. The van der Waals surface area contributed by atoms with Gasteiger partial charge in [-0.05, 0) is 63.9 Å². The van der Waals surface area contributed by atoms with Gasteiger partial charge in [0.25, 0.3) is 0 Å². The van der Waals surface area contributed by atoms with Gasteiger partial charge in [0.1, 0.15) is 6.04 Å². The number of nitrogens with zero attached hydrogens (tertiary/aromatic N) is 3. The number of rotatable bonds is 14. The van der Waals surface area contributed by atoms with Crippen molar-refractivity contribution in [3.05, 3.63) is 61.2 Å². The number of amides is 3. The molecule has 3 fully saturated rings.